The molecule has 0 aromatic carbocycles. The van der Waals surface area contributed by atoms with Crippen LogP contribution < -0.4 is 0 Å². The summed E-state index contributed by atoms with van der Waals surface area (Å²) in [6, 6.07) is 0.0378. The average Bonchev–Trinajstić information content (AvgIpc) is 3.07. The third kappa shape index (κ3) is 4.18. The van der Waals surface area contributed by atoms with Crippen LogP contribution >= 0.6 is 0 Å². The number of hydrogen-bond acceptors (Lipinski definition) is 6. The maximum atomic E-state index is 12.3. The van der Waals surface area contributed by atoms with E-state index in [0.717, 1.165) is 19.3 Å². The van der Waals surface area contributed by atoms with Crippen LogP contribution in [0.2, 0.25) is 0 Å². The second-order valence-corrected chi connectivity index (χ2v) is 6.13. The van der Waals surface area contributed by atoms with E-state index in [1.165, 1.54) is 0 Å². The standard InChI is InChI=1S/C13H20F3N5O2/c14-13(15,16)8-21-18-12(17-19-21)6-20-4-5-23-7-10(20)9-2-1-3-11(9)22/h9-11,22H,1-8H2/t9-,10-,11+/m0/s1. The molecule has 10 heteroatoms. The van der Waals surface area contributed by atoms with E-state index in [4.69, 9.17) is 4.74 Å². The van der Waals surface area contributed by atoms with E-state index in [9.17, 15) is 18.3 Å². The normalized spacial score (nSPS) is 30.0. The lowest BCUT2D eigenvalue weighted by atomic mass is 9.94. The van der Waals surface area contributed by atoms with E-state index >= 15 is 0 Å². The molecule has 130 valence electrons. The highest BCUT2D eigenvalue weighted by atomic mass is 19.4. The van der Waals surface area contributed by atoms with Crippen LogP contribution in [-0.4, -0.2) is 68.3 Å². The van der Waals surface area contributed by atoms with Crippen molar-refractivity contribution in [2.75, 3.05) is 19.8 Å². The maximum absolute atomic E-state index is 12.3. The summed E-state index contributed by atoms with van der Waals surface area (Å²) in [4.78, 5) is 2.65. The van der Waals surface area contributed by atoms with Crippen molar-refractivity contribution in [2.45, 2.75) is 50.7 Å². The minimum atomic E-state index is -4.37. The summed E-state index contributed by atoms with van der Waals surface area (Å²) < 4.78 is 42.5. The summed E-state index contributed by atoms with van der Waals surface area (Å²) in [6.45, 7) is 0.777. The molecule has 7 nitrogen and oxygen atoms in total. The Hall–Kier alpha value is -1.26. The van der Waals surface area contributed by atoms with Crippen molar-refractivity contribution in [1.82, 2.24) is 25.1 Å². The first kappa shape index (κ1) is 16.6. The monoisotopic (exact) mass is 335 g/mol. The number of nitrogens with zero attached hydrogens (tertiary/aromatic N) is 5. The SMILES string of the molecule is O[C@@H]1CCC[C@H]1[C@@H]1COCCN1Cc1nnn(CC(F)(F)F)n1. The number of morpholine rings is 1. The summed E-state index contributed by atoms with van der Waals surface area (Å²) in [7, 11) is 0. The number of ether oxygens (including phenoxy) is 1. The molecule has 1 saturated carbocycles. The number of tetrazole rings is 1. The predicted octanol–water partition coefficient (Wildman–Crippen LogP) is 0.597. The van der Waals surface area contributed by atoms with E-state index in [1.807, 2.05) is 0 Å². The van der Waals surface area contributed by atoms with Gasteiger partial charge in [-0.2, -0.15) is 18.0 Å². The van der Waals surface area contributed by atoms with Crippen LogP contribution in [0.25, 0.3) is 0 Å². The van der Waals surface area contributed by atoms with Gasteiger partial charge in [-0.1, -0.05) is 6.42 Å². The number of aromatic nitrogens is 4. The van der Waals surface area contributed by atoms with Gasteiger partial charge in [-0.25, -0.2) is 0 Å². The minimum absolute atomic E-state index is 0.0378. The highest BCUT2D eigenvalue weighted by Crippen LogP contribution is 2.32. The molecule has 1 aliphatic carbocycles. The molecule has 1 N–H and O–H groups in total. The molecule has 1 saturated heterocycles. The van der Waals surface area contributed by atoms with Crippen LogP contribution in [-0.2, 0) is 17.8 Å². The molecule has 0 spiro atoms. The molecule has 0 amide bonds. The largest absolute Gasteiger partial charge is 0.409 e. The number of aliphatic hydroxyl groups is 1. The summed E-state index contributed by atoms with van der Waals surface area (Å²) in [5.41, 5.74) is 0. The van der Waals surface area contributed by atoms with Crippen molar-refractivity contribution in [3.8, 4) is 0 Å². The highest BCUT2D eigenvalue weighted by Gasteiger charge is 2.38. The second kappa shape index (κ2) is 6.70. The molecule has 1 aromatic heterocycles. The number of halogens is 3. The quantitative estimate of drug-likeness (QED) is 0.868. The maximum Gasteiger partial charge on any atom is 0.409 e. The van der Waals surface area contributed by atoms with Gasteiger partial charge in [0.2, 0.25) is 0 Å². The lowest BCUT2D eigenvalue weighted by Crippen LogP contribution is -2.50. The zero-order valence-corrected chi connectivity index (χ0v) is 12.6. The van der Waals surface area contributed by atoms with Crippen LogP contribution in [0.1, 0.15) is 25.1 Å². The van der Waals surface area contributed by atoms with E-state index in [1.54, 1.807) is 0 Å². The molecule has 0 unspecified atom stereocenters. The average molecular weight is 335 g/mol. The van der Waals surface area contributed by atoms with Gasteiger partial charge in [0, 0.05) is 18.5 Å². The predicted molar refractivity (Wildman–Crippen MR) is 72.2 cm³/mol. The Morgan fingerprint density at radius 2 is 2.13 bits per heavy atom. The van der Waals surface area contributed by atoms with E-state index in [2.05, 4.69) is 20.3 Å². The molecule has 3 rings (SSSR count). The molecular formula is C13H20F3N5O2. The third-order valence-corrected chi connectivity index (χ3v) is 4.47. The van der Waals surface area contributed by atoms with Gasteiger partial charge < -0.3 is 9.84 Å². The van der Waals surface area contributed by atoms with Gasteiger partial charge in [-0.15, -0.1) is 10.2 Å². The van der Waals surface area contributed by atoms with Crippen molar-refractivity contribution in [2.24, 2.45) is 5.92 Å². The molecule has 1 aromatic rings. The third-order valence-electron chi connectivity index (χ3n) is 4.47. The molecule has 0 radical (unpaired) electrons. The van der Waals surface area contributed by atoms with Gasteiger partial charge in [0.15, 0.2) is 12.4 Å². The Bertz CT molecular complexity index is 524. The van der Waals surface area contributed by atoms with Gasteiger partial charge in [0.05, 0.1) is 25.9 Å². The van der Waals surface area contributed by atoms with Crippen molar-refractivity contribution in [3.05, 3.63) is 5.82 Å². The van der Waals surface area contributed by atoms with Crippen LogP contribution in [0.5, 0.6) is 0 Å². The first-order valence-corrected chi connectivity index (χ1v) is 7.76. The Morgan fingerprint density at radius 3 is 2.83 bits per heavy atom. The zero-order chi connectivity index (χ0) is 16.4. The first-order valence-electron chi connectivity index (χ1n) is 7.76. The fraction of sp³-hybridized carbons (Fsp3) is 0.923. The first-order chi connectivity index (χ1) is 10.9. The van der Waals surface area contributed by atoms with Gasteiger partial charge in [-0.3, -0.25) is 4.90 Å². The van der Waals surface area contributed by atoms with Gasteiger partial charge in [-0.05, 0) is 18.1 Å². The van der Waals surface area contributed by atoms with Gasteiger partial charge in [0.25, 0.3) is 0 Å². The number of hydrogen-bond donors (Lipinski definition) is 1. The summed E-state index contributed by atoms with van der Waals surface area (Å²) in [6.07, 6.45) is -2.02. The van der Waals surface area contributed by atoms with Crippen molar-refractivity contribution >= 4 is 0 Å². The number of alkyl halides is 3. The molecule has 2 fully saturated rings. The van der Waals surface area contributed by atoms with Gasteiger partial charge in [0.1, 0.15) is 0 Å². The van der Waals surface area contributed by atoms with Crippen LogP contribution in [0.15, 0.2) is 0 Å². The molecule has 0 bridgehead atoms. The Balaban J connectivity index is 1.65. The molecule has 3 atom stereocenters. The summed E-state index contributed by atoms with van der Waals surface area (Å²) in [5, 5.41) is 21.1. The molecule has 2 heterocycles. The molecule has 2 aliphatic rings. The lowest BCUT2D eigenvalue weighted by Gasteiger charge is -2.39. The molecule has 1 aliphatic heterocycles. The fourth-order valence-corrected chi connectivity index (χ4v) is 3.41. The van der Waals surface area contributed by atoms with E-state index in [0.29, 0.717) is 31.1 Å². The van der Waals surface area contributed by atoms with Crippen LogP contribution in [0.3, 0.4) is 0 Å². The van der Waals surface area contributed by atoms with Crippen molar-refractivity contribution in [3.63, 3.8) is 0 Å². The van der Waals surface area contributed by atoms with Crippen molar-refractivity contribution < 1.29 is 23.0 Å². The van der Waals surface area contributed by atoms with Crippen LogP contribution in [0, 0.1) is 5.92 Å². The summed E-state index contributed by atoms with van der Waals surface area (Å²) >= 11 is 0. The highest BCUT2D eigenvalue weighted by molar-refractivity contribution is 4.91. The van der Waals surface area contributed by atoms with Gasteiger partial charge >= 0.3 is 6.18 Å². The number of rotatable bonds is 4. The summed E-state index contributed by atoms with van der Waals surface area (Å²) in [5.74, 6) is 0.383. The molecular weight excluding hydrogens is 315 g/mol. The second-order valence-electron chi connectivity index (χ2n) is 6.13. The van der Waals surface area contributed by atoms with E-state index < -0.39 is 12.7 Å². The van der Waals surface area contributed by atoms with E-state index in [-0.39, 0.29) is 23.9 Å². The lowest BCUT2D eigenvalue weighted by molar-refractivity contribution is -0.145. The smallest absolute Gasteiger partial charge is 0.393 e. The van der Waals surface area contributed by atoms with Crippen LogP contribution in [0.4, 0.5) is 13.2 Å². The fourth-order valence-electron chi connectivity index (χ4n) is 3.41. The number of aliphatic hydroxyl groups excluding tert-OH is 1. The van der Waals surface area contributed by atoms with Crippen molar-refractivity contribution in [1.29, 1.82) is 0 Å². The molecule has 23 heavy (non-hydrogen) atoms. The zero-order valence-electron chi connectivity index (χ0n) is 12.6. The topological polar surface area (TPSA) is 76.3 Å². The minimum Gasteiger partial charge on any atom is -0.393 e. The Morgan fingerprint density at radius 1 is 1.30 bits per heavy atom. The Kier molecular flexibility index (Phi) is 4.83. The Labute approximate surface area is 131 Å².